The highest BCUT2D eigenvalue weighted by Crippen LogP contribution is 2.67. The van der Waals surface area contributed by atoms with E-state index in [0.29, 0.717) is 53.9 Å². The second-order valence-corrected chi connectivity index (χ2v) is 12.0. The largest absolute Gasteiger partial charge is 0.508 e. The topological polar surface area (TPSA) is 95.8 Å². The molecule has 8 nitrogen and oxygen atoms in total. The number of phenols is 2. The maximum absolute atomic E-state index is 10.9. The summed E-state index contributed by atoms with van der Waals surface area (Å²) in [6, 6.07) is 17.8. The van der Waals surface area contributed by atoms with Crippen molar-refractivity contribution in [2.24, 2.45) is 0 Å². The molecule has 0 spiro atoms. The van der Waals surface area contributed by atoms with Crippen LogP contribution in [0.1, 0.15) is 63.6 Å². The van der Waals surface area contributed by atoms with Crippen LogP contribution < -0.4 is 28.4 Å². The standard InChI is InChI=1S/C37H38O8/c1-7-21-28(39)12-9-22-33-25(17-44-36(21)22)24-15-31(42-5)32(43-6)16-26(24)37(20-8-13-29(40-3)30(14-20)41-4)18-45-35-19(2)27(38)11-10-23(35)34(33)37/h8-16,25,33-34,38-39H,7,17-18H2,1-6H3. The van der Waals surface area contributed by atoms with Crippen molar-refractivity contribution in [3.63, 3.8) is 0 Å². The maximum atomic E-state index is 10.9. The SMILES string of the molecule is CCc1c(O)ccc2c1OCC1c3cc(OC)c(OC)cc3C3(c4ccc(OC)c(OC)c4)COc4c(ccc(O)c4C)C3C21. The van der Waals surface area contributed by atoms with Crippen LogP contribution in [-0.2, 0) is 11.8 Å². The Labute approximate surface area is 263 Å². The van der Waals surface area contributed by atoms with Crippen LogP contribution in [-0.4, -0.2) is 51.9 Å². The molecule has 45 heavy (non-hydrogen) atoms. The quantitative estimate of drug-likeness (QED) is 0.248. The van der Waals surface area contributed by atoms with Gasteiger partial charge in [-0.2, -0.15) is 0 Å². The molecule has 234 valence electrons. The van der Waals surface area contributed by atoms with Crippen molar-refractivity contribution in [3.8, 4) is 46.0 Å². The van der Waals surface area contributed by atoms with Gasteiger partial charge in [0.25, 0.3) is 0 Å². The molecule has 0 saturated carbocycles. The van der Waals surface area contributed by atoms with Gasteiger partial charge in [-0.3, -0.25) is 0 Å². The van der Waals surface area contributed by atoms with E-state index in [2.05, 4.69) is 18.2 Å². The molecule has 0 radical (unpaired) electrons. The molecule has 3 aliphatic rings. The van der Waals surface area contributed by atoms with E-state index in [4.69, 9.17) is 28.4 Å². The van der Waals surface area contributed by atoms with Gasteiger partial charge in [-0.05, 0) is 77.6 Å². The number of phenolic OH excluding ortho intramolecular Hbond substituents is 2. The lowest BCUT2D eigenvalue weighted by Gasteiger charge is -2.56. The zero-order valence-corrected chi connectivity index (χ0v) is 26.4. The van der Waals surface area contributed by atoms with E-state index >= 15 is 0 Å². The van der Waals surface area contributed by atoms with Gasteiger partial charge in [0.2, 0.25) is 0 Å². The molecular formula is C37H38O8. The Morgan fingerprint density at radius 2 is 1.40 bits per heavy atom. The lowest BCUT2D eigenvalue weighted by molar-refractivity contribution is 0.123. The third-order valence-corrected chi connectivity index (χ3v) is 10.2. The number of rotatable bonds is 6. The van der Waals surface area contributed by atoms with Gasteiger partial charge in [-0.25, -0.2) is 0 Å². The van der Waals surface area contributed by atoms with E-state index in [0.717, 1.165) is 39.1 Å². The smallest absolute Gasteiger partial charge is 0.161 e. The number of methoxy groups -OCH3 is 4. The van der Waals surface area contributed by atoms with Crippen LogP contribution in [0.3, 0.4) is 0 Å². The molecule has 0 fully saturated rings. The number of hydrogen-bond acceptors (Lipinski definition) is 8. The number of fused-ring (bicyclic) bond motifs is 10. The van der Waals surface area contributed by atoms with Gasteiger partial charge in [0.15, 0.2) is 23.0 Å². The first-order chi connectivity index (χ1) is 21.8. The van der Waals surface area contributed by atoms with Crippen molar-refractivity contribution >= 4 is 0 Å². The minimum absolute atomic E-state index is 0.0557. The van der Waals surface area contributed by atoms with Crippen LogP contribution >= 0.6 is 0 Å². The molecule has 7 rings (SSSR count). The van der Waals surface area contributed by atoms with Crippen molar-refractivity contribution in [2.45, 2.75) is 43.4 Å². The third-order valence-electron chi connectivity index (χ3n) is 10.2. The van der Waals surface area contributed by atoms with Crippen molar-refractivity contribution in [2.75, 3.05) is 41.7 Å². The van der Waals surface area contributed by atoms with Crippen molar-refractivity contribution in [1.29, 1.82) is 0 Å². The minimum atomic E-state index is -0.731. The van der Waals surface area contributed by atoms with Gasteiger partial charge in [0.1, 0.15) is 29.6 Å². The fourth-order valence-electron chi connectivity index (χ4n) is 8.14. The average Bonchev–Trinajstić information content (AvgIpc) is 3.08. The Morgan fingerprint density at radius 1 is 0.733 bits per heavy atom. The van der Waals surface area contributed by atoms with Gasteiger partial charge in [-0.1, -0.05) is 25.1 Å². The Bertz CT molecular complexity index is 1810. The number of benzene rings is 4. The predicted molar refractivity (Wildman–Crippen MR) is 169 cm³/mol. The second-order valence-electron chi connectivity index (χ2n) is 12.0. The lowest BCUT2D eigenvalue weighted by Crippen LogP contribution is -2.52. The first-order valence-corrected chi connectivity index (χ1v) is 15.2. The molecule has 4 unspecified atom stereocenters. The summed E-state index contributed by atoms with van der Waals surface area (Å²) < 4.78 is 36.5. The van der Waals surface area contributed by atoms with Crippen molar-refractivity contribution < 1.29 is 38.6 Å². The molecule has 4 aromatic rings. The van der Waals surface area contributed by atoms with E-state index in [1.165, 1.54) is 0 Å². The highest BCUT2D eigenvalue weighted by molar-refractivity contribution is 5.67. The molecule has 0 bridgehead atoms. The van der Waals surface area contributed by atoms with Gasteiger partial charge in [0.05, 0.1) is 40.5 Å². The van der Waals surface area contributed by atoms with Crippen molar-refractivity contribution in [1.82, 2.24) is 0 Å². The maximum Gasteiger partial charge on any atom is 0.161 e. The molecule has 4 atom stereocenters. The molecule has 2 N–H and O–H groups in total. The van der Waals surface area contributed by atoms with Gasteiger partial charge in [-0.15, -0.1) is 0 Å². The number of ether oxygens (including phenoxy) is 6. The van der Waals surface area contributed by atoms with Crippen LogP contribution in [0.25, 0.3) is 0 Å². The van der Waals surface area contributed by atoms with Crippen molar-refractivity contribution in [3.05, 3.63) is 93.5 Å². The summed E-state index contributed by atoms with van der Waals surface area (Å²) in [5, 5.41) is 21.6. The normalized spacial score (nSPS) is 22.3. The molecule has 4 aromatic carbocycles. The highest BCUT2D eigenvalue weighted by atomic mass is 16.5. The van der Waals surface area contributed by atoms with E-state index in [9.17, 15) is 10.2 Å². The second kappa shape index (κ2) is 10.7. The summed E-state index contributed by atoms with van der Waals surface area (Å²) >= 11 is 0. The molecular weight excluding hydrogens is 572 g/mol. The van der Waals surface area contributed by atoms with Gasteiger partial charge >= 0.3 is 0 Å². The Hall–Kier alpha value is -4.72. The molecule has 0 aromatic heterocycles. The molecule has 0 saturated heterocycles. The van der Waals surface area contributed by atoms with Crippen LogP contribution in [0.15, 0.2) is 54.6 Å². The molecule has 0 amide bonds. The molecule has 2 heterocycles. The van der Waals surface area contributed by atoms with E-state index in [1.807, 2.05) is 38.1 Å². The summed E-state index contributed by atoms with van der Waals surface area (Å²) in [6.45, 7) is 4.64. The average molecular weight is 611 g/mol. The first kappa shape index (κ1) is 29.0. The first-order valence-electron chi connectivity index (χ1n) is 15.2. The Morgan fingerprint density at radius 3 is 2.11 bits per heavy atom. The molecule has 2 aliphatic heterocycles. The zero-order valence-electron chi connectivity index (χ0n) is 26.4. The fourth-order valence-corrected chi connectivity index (χ4v) is 8.14. The zero-order chi connectivity index (χ0) is 31.6. The van der Waals surface area contributed by atoms with E-state index in [1.54, 1.807) is 40.6 Å². The lowest BCUT2D eigenvalue weighted by atomic mass is 9.49. The number of aromatic hydroxyl groups is 2. The summed E-state index contributed by atoms with van der Waals surface area (Å²) in [6.07, 6.45) is 0.631. The van der Waals surface area contributed by atoms with Crippen LogP contribution in [0.5, 0.6) is 46.0 Å². The van der Waals surface area contributed by atoms with Gasteiger partial charge in [0, 0.05) is 28.9 Å². The summed E-state index contributed by atoms with van der Waals surface area (Å²) in [7, 11) is 6.57. The van der Waals surface area contributed by atoms with Gasteiger partial charge < -0.3 is 38.6 Å². The Kier molecular flexibility index (Phi) is 6.91. The van der Waals surface area contributed by atoms with E-state index < -0.39 is 5.41 Å². The summed E-state index contributed by atoms with van der Waals surface area (Å²) in [5.74, 6) is 4.08. The van der Waals surface area contributed by atoms with Crippen LogP contribution in [0.2, 0.25) is 0 Å². The molecule has 1 aliphatic carbocycles. The Balaban J connectivity index is 1.63. The monoisotopic (exact) mass is 610 g/mol. The summed E-state index contributed by atoms with van der Waals surface area (Å²) in [5.41, 5.74) is 5.95. The summed E-state index contributed by atoms with van der Waals surface area (Å²) in [4.78, 5) is 0. The number of hydrogen-bond donors (Lipinski definition) is 2. The minimum Gasteiger partial charge on any atom is -0.508 e. The highest BCUT2D eigenvalue weighted by Gasteiger charge is 2.59. The molecule has 8 heteroatoms. The third kappa shape index (κ3) is 3.97. The predicted octanol–water partition coefficient (Wildman–Crippen LogP) is 6.74. The van der Waals surface area contributed by atoms with Crippen LogP contribution in [0, 0.1) is 6.92 Å². The van der Waals surface area contributed by atoms with Crippen LogP contribution in [0.4, 0.5) is 0 Å². The fraction of sp³-hybridized carbons (Fsp3) is 0.351. The van der Waals surface area contributed by atoms with E-state index in [-0.39, 0.29) is 29.3 Å².